The van der Waals surface area contributed by atoms with Crippen molar-refractivity contribution in [1.29, 1.82) is 0 Å². The van der Waals surface area contributed by atoms with Crippen molar-refractivity contribution in [2.75, 3.05) is 24.3 Å². The Kier molecular flexibility index (Phi) is 5.30. The Morgan fingerprint density at radius 3 is 2.43 bits per heavy atom. The molecule has 0 aliphatic rings. The Bertz CT molecular complexity index is 1250. The first kappa shape index (κ1) is 19.4. The predicted molar refractivity (Wildman–Crippen MR) is 121 cm³/mol. The number of rotatable bonds is 5. The van der Waals surface area contributed by atoms with Gasteiger partial charge in [0.1, 0.15) is 6.54 Å². The Balaban J connectivity index is 1.57. The van der Waals surface area contributed by atoms with Gasteiger partial charge in [0.05, 0.1) is 5.69 Å². The van der Waals surface area contributed by atoms with E-state index in [1.807, 2.05) is 85.7 Å². The molecule has 4 aromatic rings. The lowest BCUT2D eigenvalue weighted by Crippen LogP contribution is -2.29. The van der Waals surface area contributed by atoms with E-state index < -0.39 is 0 Å². The van der Waals surface area contributed by atoms with Gasteiger partial charge in [-0.1, -0.05) is 42.5 Å². The number of carbonyl (C=O) groups excluding carboxylic acids is 1. The van der Waals surface area contributed by atoms with Gasteiger partial charge in [-0.25, -0.2) is 4.68 Å². The maximum absolute atomic E-state index is 12.5. The third-order valence-corrected chi connectivity index (χ3v) is 4.89. The largest absolute Gasteiger partial charge is 0.378 e. The number of benzene rings is 3. The summed E-state index contributed by atoms with van der Waals surface area (Å²) < 4.78 is 1.20. The van der Waals surface area contributed by atoms with Crippen molar-refractivity contribution < 1.29 is 4.79 Å². The van der Waals surface area contributed by atoms with E-state index in [0.717, 1.165) is 22.0 Å². The first-order valence-corrected chi connectivity index (χ1v) is 9.65. The topological polar surface area (TPSA) is 67.2 Å². The summed E-state index contributed by atoms with van der Waals surface area (Å²) in [5.41, 5.74) is 2.95. The van der Waals surface area contributed by atoms with Crippen molar-refractivity contribution in [2.24, 2.45) is 0 Å². The minimum absolute atomic E-state index is 0.160. The van der Waals surface area contributed by atoms with E-state index >= 15 is 0 Å². The second-order valence-electron chi connectivity index (χ2n) is 7.23. The molecule has 0 saturated heterocycles. The standard InChI is InChI=1S/C24H22N4O2/c1-27(2)19-12-10-18(11-13-19)25-23(29)16-28-24(30)15-14-22(26-28)21-9-5-7-17-6-3-4-8-20(17)21/h3-15H,16H2,1-2H3,(H,25,29). The molecule has 6 heteroatoms. The molecule has 30 heavy (non-hydrogen) atoms. The highest BCUT2D eigenvalue weighted by Crippen LogP contribution is 2.26. The van der Waals surface area contributed by atoms with Crippen LogP contribution in [0, 0.1) is 0 Å². The van der Waals surface area contributed by atoms with Gasteiger partial charge in [0, 0.05) is 37.1 Å². The smallest absolute Gasteiger partial charge is 0.267 e. The van der Waals surface area contributed by atoms with E-state index in [2.05, 4.69) is 10.4 Å². The summed E-state index contributed by atoms with van der Waals surface area (Å²) in [6.45, 7) is -0.160. The molecular weight excluding hydrogens is 376 g/mol. The highest BCUT2D eigenvalue weighted by atomic mass is 16.2. The van der Waals surface area contributed by atoms with Gasteiger partial charge in [-0.15, -0.1) is 0 Å². The van der Waals surface area contributed by atoms with Gasteiger partial charge in [-0.05, 0) is 41.1 Å². The Morgan fingerprint density at radius 1 is 0.933 bits per heavy atom. The normalized spacial score (nSPS) is 10.7. The van der Waals surface area contributed by atoms with Gasteiger partial charge in [0.25, 0.3) is 5.56 Å². The van der Waals surface area contributed by atoms with Crippen LogP contribution in [-0.2, 0) is 11.3 Å². The third kappa shape index (κ3) is 4.07. The highest BCUT2D eigenvalue weighted by Gasteiger charge is 2.10. The van der Waals surface area contributed by atoms with Crippen LogP contribution in [0.25, 0.3) is 22.0 Å². The lowest BCUT2D eigenvalue weighted by atomic mass is 10.0. The van der Waals surface area contributed by atoms with Crippen molar-refractivity contribution in [3.63, 3.8) is 0 Å². The number of carbonyl (C=O) groups is 1. The lowest BCUT2D eigenvalue weighted by Gasteiger charge is -2.13. The summed E-state index contributed by atoms with van der Waals surface area (Å²) in [7, 11) is 3.91. The molecule has 0 aliphatic carbocycles. The van der Waals surface area contributed by atoms with E-state index in [0.29, 0.717) is 11.4 Å². The minimum atomic E-state index is -0.322. The summed E-state index contributed by atoms with van der Waals surface area (Å²) in [6.07, 6.45) is 0. The van der Waals surface area contributed by atoms with Crippen LogP contribution in [0.2, 0.25) is 0 Å². The second-order valence-corrected chi connectivity index (χ2v) is 7.23. The maximum atomic E-state index is 12.5. The van der Waals surface area contributed by atoms with E-state index in [1.165, 1.54) is 10.7 Å². The van der Waals surface area contributed by atoms with E-state index in [9.17, 15) is 9.59 Å². The molecule has 1 N–H and O–H groups in total. The van der Waals surface area contributed by atoms with Crippen LogP contribution in [-0.4, -0.2) is 29.8 Å². The number of anilines is 2. The van der Waals surface area contributed by atoms with Gasteiger partial charge in [-0.2, -0.15) is 5.10 Å². The Hall–Kier alpha value is -3.93. The number of hydrogen-bond acceptors (Lipinski definition) is 4. The van der Waals surface area contributed by atoms with Gasteiger partial charge in [0.2, 0.25) is 5.91 Å². The number of fused-ring (bicyclic) bond motifs is 1. The molecule has 1 heterocycles. The SMILES string of the molecule is CN(C)c1ccc(NC(=O)Cn2nc(-c3cccc4ccccc34)ccc2=O)cc1. The molecular formula is C24H22N4O2. The third-order valence-electron chi connectivity index (χ3n) is 4.89. The van der Waals surface area contributed by atoms with E-state index in [4.69, 9.17) is 0 Å². The monoisotopic (exact) mass is 398 g/mol. The van der Waals surface area contributed by atoms with E-state index in [-0.39, 0.29) is 18.0 Å². The lowest BCUT2D eigenvalue weighted by molar-refractivity contribution is -0.117. The van der Waals surface area contributed by atoms with Crippen molar-refractivity contribution >= 4 is 28.1 Å². The Labute approximate surface area is 174 Å². The molecule has 3 aromatic carbocycles. The molecule has 6 nitrogen and oxygen atoms in total. The van der Waals surface area contributed by atoms with Crippen molar-refractivity contribution in [3.05, 3.63) is 89.2 Å². The quantitative estimate of drug-likeness (QED) is 0.556. The maximum Gasteiger partial charge on any atom is 0.267 e. The second kappa shape index (κ2) is 8.21. The van der Waals surface area contributed by atoms with E-state index in [1.54, 1.807) is 6.07 Å². The molecule has 0 aliphatic heterocycles. The minimum Gasteiger partial charge on any atom is -0.378 e. The molecule has 150 valence electrons. The van der Waals surface area contributed by atoms with Crippen LogP contribution in [0.15, 0.2) is 83.7 Å². The first-order chi connectivity index (χ1) is 14.5. The summed E-state index contributed by atoms with van der Waals surface area (Å²) >= 11 is 0. The Morgan fingerprint density at radius 2 is 1.67 bits per heavy atom. The molecule has 4 rings (SSSR count). The zero-order chi connectivity index (χ0) is 21.1. The zero-order valence-electron chi connectivity index (χ0n) is 16.9. The van der Waals surface area contributed by atoms with Crippen molar-refractivity contribution in [2.45, 2.75) is 6.54 Å². The van der Waals surface area contributed by atoms with Crippen LogP contribution in [0.1, 0.15) is 0 Å². The van der Waals surface area contributed by atoms with Crippen LogP contribution < -0.4 is 15.8 Å². The van der Waals surface area contributed by atoms with Crippen molar-refractivity contribution in [3.8, 4) is 11.3 Å². The molecule has 0 spiro atoms. The molecule has 0 bridgehead atoms. The molecule has 0 unspecified atom stereocenters. The molecule has 1 amide bonds. The van der Waals surface area contributed by atoms with Crippen LogP contribution in [0.4, 0.5) is 11.4 Å². The first-order valence-electron chi connectivity index (χ1n) is 9.65. The number of amides is 1. The number of aromatic nitrogens is 2. The average molecular weight is 398 g/mol. The predicted octanol–water partition coefficient (Wildman–Crippen LogP) is 3.77. The molecule has 1 aromatic heterocycles. The fourth-order valence-corrected chi connectivity index (χ4v) is 3.33. The van der Waals surface area contributed by atoms with Crippen molar-refractivity contribution in [1.82, 2.24) is 9.78 Å². The molecule has 0 radical (unpaired) electrons. The zero-order valence-corrected chi connectivity index (χ0v) is 16.9. The molecule has 0 atom stereocenters. The molecule has 0 fully saturated rings. The summed E-state index contributed by atoms with van der Waals surface area (Å²) in [6, 6.07) is 24.6. The summed E-state index contributed by atoms with van der Waals surface area (Å²) in [4.78, 5) is 26.8. The number of nitrogens with zero attached hydrogens (tertiary/aromatic N) is 3. The summed E-state index contributed by atoms with van der Waals surface area (Å²) in [5.74, 6) is -0.308. The highest BCUT2D eigenvalue weighted by molar-refractivity contribution is 5.95. The van der Waals surface area contributed by atoms with Gasteiger partial charge < -0.3 is 10.2 Å². The van der Waals surface area contributed by atoms with Crippen LogP contribution >= 0.6 is 0 Å². The van der Waals surface area contributed by atoms with Crippen LogP contribution in [0.5, 0.6) is 0 Å². The van der Waals surface area contributed by atoms with Crippen LogP contribution in [0.3, 0.4) is 0 Å². The average Bonchev–Trinajstić information content (AvgIpc) is 2.75. The summed E-state index contributed by atoms with van der Waals surface area (Å²) in [5, 5.41) is 9.40. The number of nitrogens with one attached hydrogen (secondary N) is 1. The van der Waals surface area contributed by atoms with Gasteiger partial charge in [0.15, 0.2) is 0 Å². The van der Waals surface area contributed by atoms with Gasteiger partial charge >= 0.3 is 0 Å². The number of hydrogen-bond donors (Lipinski definition) is 1. The fourth-order valence-electron chi connectivity index (χ4n) is 3.33. The fraction of sp³-hybridized carbons (Fsp3) is 0.125. The van der Waals surface area contributed by atoms with Gasteiger partial charge in [-0.3, -0.25) is 9.59 Å². The molecule has 0 saturated carbocycles.